The van der Waals surface area contributed by atoms with Crippen LogP contribution in [0.15, 0.2) is 5.38 Å². The van der Waals surface area contributed by atoms with E-state index in [1.54, 1.807) is 13.8 Å². The van der Waals surface area contributed by atoms with Crippen LogP contribution in [0.3, 0.4) is 0 Å². The van der Waals surface area contributed by atoms with Crippen molar-refractivity contribution in [3.05, 3.63) is 11.1 Å². The van der Waals surface area contributed by atoms with Gasteiger partial charge in [0.1, 0.15) is 0 Å². The van der Waals surface area contributed by atoms with Gasteiger partial charge in [-0.3, -0.25) is 4.79 Å². The first-order valence-corrected chi connectivity index (χ1v) is 9.31. The zero-order valence-electron chi connectivity index (χ0n) is 12.2. The maximum absolute atomic E-state index is 11.4. The smallest absolute Gasteiger partial charge is 0.306 e. The SMILES string of the molecule is CCNS(=O)(=O)CCNc1nc(CCC(=O)OCC)cs1. The Balaban J connectivity index is 2.33. The number of anilines is 1. The summed E-state index contributed by atoms with van der Waals surface area (Å²) < 4.78 is 30.2. The second-order valence-electron chi connectivity index (χ2n) is 4.19. The Bertz CT molecular complexity index is 542. The number of ether oxygens (including phenoxy) is 1. The van der Waals surface area contributed by atoms with Crippen LogP contribution in [-0.4, -0.2) is 44.8 Å². The summed E-state index contributed by atoms with van der Waals surface area (Å²) in [5, 5.41) is 5.47. The zero-order valence-corrected chi connectivity index (χ0v) is 13.8. The summed E-state index contributed by atoms with van der Waals surface area (Å²) in [7, 11) is -3.22. The lowest BCUT2D eigenvalue weighted by molar-refractivity contribution is -0.143. The number of aromatic nitrogens is 1. The van der Waals surface area contributed by atoms with Gasteiger partial charge in [-0.15, -0.1) is 11.3 Å². The lowest BCUT2D eigenvalue weighted by Crippen LogP contribution is -2.29. The molecule has 7 nitrogen and oxygen atoms in total. The molecule has 0 aliphatic heterocycles. The van der Waals surface area contributed by atoms with E-state index < -0.39 is 10.0 Å². The number of hydrogen-bond acceptors (Lipinski definition) is 7. The van der Waals surface area contributed by atoms with Gasteiger partial charge in [0.15, 0.2) is 5.13 Å². The maximum atomic E-state index is 11.4. The molecule has 0 saturated heterocycles. The molecule has 2 N–H and O–H groups in total. The number of hydrogen-bond donors (Lipinski definition) is 2. The molecular formula is C12H21N3O4S2. The number of rotatable bonds is 10. The van der Waals surface area contributed by atoms with Gasteiger partial charge < -0.3 is 10.1 Å². The molecule has 0 radical (unpaired) electrons. The quantitative estimate of drug-likeness (QED) is 0.619. The molecule has 0 fully saturated rings. The van der Waals surface area contributed by atoms with Gasteiger partial charge >= 0.3 is 5.97 Å². The van der Waals surface area contributed by atoms with Crippen LogP contribution in [0, 0.1) is 0 Å². The third-order valence-corrected chi connectivity index (χ3v) is 4.77. The van der Waals surface area contributed by atoms with Crippen molar-refractivity contribution in [1.82, 2.24) is 9.71 Å². The number of thiazole rings is 1. The molecule has 0 saturated carbocycles. The Labute approximate surface area is 129 Å². The molecule has 9 heteroatoms. The summed E-state index contributed by atoms with van der Waals surface area (Å²) >= 11 is 1.39. The van der Waals surface area contributed by atoms with Crippen LogP contribution >= 0.6 is 11.3 Å². The molecule has 1 aromatic rings. The van der Waals surface area contributed by atoms with Gasteiger partial charge in [-0.2, -0.15) is 0 Å². The highest BCUT2D eigenvalue weighted by Crippen LogP contribution is 2.16. The number of nitrogens with zero attached hydrogens (tertiary/aromatic N) is 1. The lowest BCUT2D eigenvalue weighted by Gasteiger charge is -2.04. The van der Waals surface area contributed by atoms with Crippen molar-refractivity contribution >= 4 is 32.5 Å². The molecular weight excluding hydrogens is 314 g/mol. The minimum Gasteiger partial charge on any atom is -0.466 e. The Morgan fingerprint density at radius 1 is 1.43 bits per heavy atom. The highest BCUT2D eigenvalue weighted by atomic mass is 32.2. The number of aryl methyl sites for hydroxylation is 1. The third-order valence-electron chi connectivity index (χ3n) is 2.45. The fraction of sp³-hybridized carbons (Fsp3) is 0.667. The van der Waals surface area contributed by atoms with Gasteiger partial charge in [-0.1, -0.05) is 6.92 Å². The maximum Gasteiger partial charge on any atom is 0.306 e. The predicted molar refractivity (Wildman–Crippen MR) is 83.0 cm³/mol. The Morgan fingerprint density at radius 2 is 2.19 bits per heavy atom. The van der Waals surface area contributed by atoms with Crippen LogP contribution < -0.4 is 10.0 Å². The van der Waals surface area contributed by atoms with Crippen LogP contribution in [0.1, 0.15) is 26.0 Å². The second kappa shape index (κ2) is 8.96. The number of carbonyl (C=O) groups is 1. The van der Waals surface area contributed by atoms with Crippen molar-refractivity contribution in [1.29, 1.82) is 0 Å². The van der Waals surface area contributed by atoms with Crippen LogP contribution in [0.2, 0.25) is 0 Å². The average molecular weight is 335 g/mol. The van der Waals surface area contributed by atoms with Crippen molar-refractivity contribution in [2.24, 2.45) is 0 Å². The summed E-state index contributed by atoms with van der Waals surface area (Å²) in [6.07, 6.45) is 0.818. The third kappa shape index (κ3) is 7.39. The van der Waals surface area contributed by atoms with E-state index in [4.69, 9.17) is 4.74 Å². The second-order valence-corrected chi connectivity index (χ2v) is 6.98. The molecule has 1 aromatic heterocycles. The van der Waals surface area contributed by atoms with Gasteiger partial charge in [0, 0.05) is 24.9 Å². The van der Waals surface area contributed by atoms with Crippen LogP contribution in [0.4, 0.5) is 5.13 Å². The predicted octanol–water partition coefficient (Wildman–Crippen LogP) is 0.990. The molecule has 0 aliphatic rings. The zero-order chi connectivity index (χ0) is 15.7. The molecule has 0 unspecified atom stereocenters. The van der Waals surface area contributed by atoms with Gasteiger partial charge in [0.2, 0.25) is 10.0 Å². The van der Waals surface area contributed by atoms with E-state index in [-0.39, 0.29) is 11.7 Å². The fourth-order valence-electron chi connectivity index (χ4n) is 1.55. The van der Waals surface area contributed by atoms with Crippen molar-refractivity contribution < 1.29 is 17.9 Å². The number of nitrogens with one attached hydrogen (secondary N) is 2. The van der Waals surface area contributed by atoms with Crippen LogP contribution in [0.25, 0.3) is 0 Å². The largest absolute Gasteiger partial charge is 0.466 e. The number of sulfonamides is 1. The first-order valence-electron chi connectivity index (χ1n) is 6.78. The van der Waals surface area contributed by atoms with Crippen molar-refractivity contribution in [3.8, 4) is 0 Å². The monoisotopic (exact) mass is 335 g/mol. The van der Waals surface area contributed by atoms with E-state index in [1.165, 1.54) is 11.3 Å². The molecule has 0 atom stereocenters. The molecule has 0 amide bonds. The molecule has 1 rings (SSSR count). The molecule has 1 heterocycles. The summed E-state index contributed by atoms with van der Waals surface area (Å²) in [5.74, 6) is -0.241. The molecule has 120 valence electrons. The highest BCUT2D eigenvalue weighted by Gasteiger charge is 2.09. The Morgan fingerprint density at radius 3 is 2.86 bits per heavy atom. The number of esters is 1. The van der Waals surface area contributed by atoms with E-state index in [9.17, 15) is 13.2 Å². The topological polar surface area (TPSA) is 97.4 Å². The highest BCUT2D eigenvalue weighted by molar-refractivity contribution is 7.89. The van der Waals surface area contributed by atoms with Crippen LogP contribution in [0.5, 0.6) is 0 Å². The van der Waals surface area contributed by atoms with Gasteiger partial charge in [-0.05, 0) is 6.92 Å². The van der Waals surface area contributed by atoms with Gasteiger partial charge in [-0.25, -0.2) is 18.1 Å². The van der Waals surface area contributed by atoms with E-state index >= 15 is 0 Å². The Kier molecular flexibility index (Phi) is 7.62. The first-order chi connectivity index (χ1) is 9.96. The normalized spacial score (nSPS) is 11.3. The minimum absolute atomic E-state index is 0.00141. The summed E-state index contributed by atoms with van der Waals surface area (Å²) in [4.78, 5) is 15.5. The molecule has 21 heavy (non-hydrogen) atoms. The fourth-order valence-corrected chi connectivity index (χ4v) is 3.28. The van der Waals surface area contributed by atoms with Crippen LogP contribution in [-0.2, 0) is 26.0 Å². The van der Waals surface area contributed by atoms with E-state index in [1.807, 2.05) is 5.38 Å². The molecule has 0 aromatic carbocycles. The van der Waals surface area contributed by atoms with E-state index in [0.29, 0.717) is 37.7 Å². The lowest BCUT2D eigenvalue weighted by atomic mass is 10.2. The minimum atomic E-state index is -3.22. The summed E-state index contributed by atoms with van der Waals surface area (Å²) in [5.41, 5.74) is 0.796. The van der Waals surface area contributed by atoms with Gasteiger partial charge in [0.05, 0.1) is 24.5 Å². The molecule has 0 aliphatic carbocycles. The summed E-state index contributed by atoms with van der Waals surface area (Å²) in [6.45, 7) is 4.56. The summed E-state index contributed by atoms with van der Waals surface area (Å²) in [6, 6.07) is 0. The van der Waals surface area contributed by atoms with Crippen molar-refractivity contribution in [3.63, 3.8) is 0 Å². The Hall–Kier alpha value is -1.19. The van der Waals surface area contributed by atoms with E-state index in [0.717, 1.165) is 5.69 Å². The standard InChI is InChI=1S/C12H21N3O4S2/c1-3-14-21(17,18)8-7-13-12-15-10(9-20-12)5-6-11(16)19-4-2/h9,14H,3-8H2,1-2H3,(H,13,15). The molecule has 0 bridgehead atoms. The number of carbonyl (C=O) groups excluding carboxylic acids is 1. The average Bonchev–Trinajstić information content (AvgIpc) is 2.84. The molecule has 0 spiro atoms. The van der Waals surface area contributed by atoms with Gasteiger partial charge in [0.25, 0.3) is 0 Å². The van der Waals surface area contributed by atoms with E-state index in [2.05, 4.69) is 15.0 Å². The van der Waals surface area contributed by atoms with Crippen molar-refractivity contribution in [2.45, 2.75) is 26.7 Å². The van der Waals surface area contributed by atoms with Crippen molar-refractivity contribution in [2.75, 3.05) is 30.8 Å². The first kappa shape index (κ1) is 17.9.